The minimum atomic E-state index is 0.535. The maximum absolute atomic E-state index is 5.82. The highest BCUT2D eigenvalue weighted by Gasteiger charge is 2.06. The fraction of sp³-hybridized carbons (Fsp3) is 0.231. The number of tetrazole rings is 1. The average Bonchev–Trinajstić information content (AvgIpc) is 2.96. The first kappa shape index (κ1) is 13.6. The molecule has 0 unspecified atom stereocenters. The number of rotatable bonds is 5. The Hall–Kier alpha value is -2.41. The van der Waals surface area contributed by atoms with Gasteiger partial charge in [-0.25, -0.2) is 0 Å². The van der Waals surface area contributed by atoms with Crippen molar-refractivity contribution in [3.63, 3.8) is 0 Å². The molecule has 3 aromatic rings. The first-order valence-corrected chi connectivity index (χ1v) is 6.75. The van der Waals surface area contributed by atoms with Gasteiger partial charge in [0.25, 0.3) is 0 Å². The van der Waals surface area contributed by atoms with Crippen molar-refractivity contribution in [3.05, 3.63) is 41.4 Å². The molecule has 0 spiro atoms. The molecule has 2 heterocycles. The summed E-state index contributed by atoms with van der Waals surface area (Å²) in [5, 5.41) is 16.1. The summed E-state index contributed by atoms with van der Waals surface area (Å²) in [6, 6.07) is 11.0. The number of benzene rings is 1. The van der Waals surface area contributed by atoms with Gasteiger partial charge < -0.3 is 9.64 Å². The fourth-order valence-corrected chi connectivity index (χ4v) is 1.92. The molecule has 1 aromatic carbocycles. The van der Waals surface area contributed by atoms with Crippen molar-refractivity contribution in [1.82, 2.24) is 25.3 Å². The Morgan fingerprint density at radius 1 is 1.19 bits per heavy atom. The zero-order valence-corrected chi connectivity index (χ0v) is 12.1. The molecule has 0 atom stereocenters. The van der Waals surface area contributed by atoms with E-state index in [0.717, 1.165) is 11.6 Å². The van der Waals surface area contributed by atoms with Crippen LogP contribution in [0.4, 0.5) is 5.82 Å². The standard InChI is InChI=1S/C13H13ClN6O/c1-19(8-9-21-11-4-2-10(14)3-5-11)13-7-6-12-15-17-18-20(12)16-13/h2-7H,8-9H2,1H3. The highest BCUT2D eigenvalue weighted by Crippen LogP contribution is 2.15. The van der Waals surface area contributed by atoms with Gasteiger partial charge in [-0.3, -0.25) is 0 Å². The van der Waals surface area contributed by atoms with E-state index in [-0.39, 0.29) is 0 Å². The van der Waals surface area contributed by atoms with Crippen LogP contribution in [0.2, 0.25) is 5.02 Å². The third-order valence-corrected chi connectivity index (χ3v) is 3.21. The third-order valence-electron chi connectivity index (χ3n) is 2.96. The van der Waals surface area contributed by atoms with Crippen molar-refractivity contribution in [1.29, 1.82) is 0 Å². The summed E-state index contributed by atoms with van der Waals surface area (Å²) in [5.74, 6) is 1.56. The van der Waals surface area contributed by atoms with Crippen LogP contribution in [0, 0.1) is 0 Å². The van der Waals surface area contributed by atoms with E-state index in [9.17, 15) is 0 Å². The molecule has 21 heavy (non-hydrogen) atoms. The molecule has 0 aliphatic carbocycles. The number of likely N-dealkylation sites (N-methyl/N-ethyl adjacent to an activating group) is 1. The summed E-state index contributed by atoms with van der Waals surface area (Å²) >= 11 is 5.82. The smallest absolute Gasteiger partial charge is 0.200 e. The van der Waals surface area contributed by atoms with Crippen molar-refractivity contribution < 1.29 is 4.74 Å². The molecule has 0 aliphatic rings. The number of hydrogen-bond donors (Lipinski definition) is 0. The lowest BCUT2D eigenvalue weighted by Gasteiger charge is -2.17. The monoisotopic (exact) mass is 304 g/mol. The van der Waals surface area contributed by atoms with Crippen molar-refractivity contribution in [3.8, 4) is 5.75 Å². The number of hydrogen-bond acceptors (Lipinski definition) is 6. The van der Waals surface area contributed by atoms with E-state index < -0.39 is 0 Å². The Morgan fingerprint density at radius 3 is 2.81 bits per heavy atom. The van der Waals surface area contributed by atoms with Crippen LogP contribution in [-0.4, -0.2) is 45.5 Å². The SMILES string of the molecule is CN(CCOc1ccc(Cl)cc1)c1ccc2nnnn2n1. The molecule has 0 aliphatic heterocycles. The quantitative estimate of drug-likeness (QED) is 0.714. The van der Waals surface area contributed by atoms with Gasteiger partial charge in [0, 0.05) is 12.1 Å². The lowest BCUT2D eigenvalue weighted by molar-refractivity contribution is 0.325. The lowest BCUT2D eigenvalue weighted by Crippen LogP contribution is -2.25. The predicted octanol–water partition coefficient (Wildman–Crippen LogP) is 1.69. The van der Waals surface area contributed by atoms with E-state index in [1.54, 1.807) is 12.1 Å². The van der Waals surface area contributed by atoms with Crippen molar-refractivity contribution in [2.45, 2.75) is 0 Å². The number of aromatic nitrogens is 5. The van der Waals surface area contributed by atoms with E-state index in [1.807, 2.05) is 36.2 Å². The van der Waals surface area contributed by atoms with Gasteiger partial charge in [0.1, 0.15) is 12.4 Å². The molecule has 2 aromatic heterocycles. The van der Waals surface area contributed by atoms with E-state index in [1.165, 1.54) is 4.63 Å². The molecule has 0 saturated carbocycles. The highest BCUT2D eigenvalue weighted by molar-refractivity contribution is 6.30. The van der Waals surface area contributed by atoms with Crippen LogP contribution in [0.15, 0.2) is 36.4 Å². The second kappa shape index (κ2) is 5.92. The molecule has 0 saturated heterocycles. The van der Waals surface area contributed by atoms with Gasteiger partial charge in [-0.05, 0) is 46.8 Å². The van der Waals surface area contributed by atoms with Crippen LogP contribution < -0.4 is 9.64 Å². The molecule has 0 radical (unpaired) electrons. The van der Waals surface area contributed by atoms with Crippen LogP contribution in [0.5, 0.6) is 5.75 Å². The zero-order chi connectivity index (χ0) is 14.7. The summed E-state index contributed by atoms with van der Waals surface area (Å²) in [6.45, 7) is 1.22. The third kappa shape index (κ3) is 3.19. The first-order valence-electron chi connectivity index (χ1n) is 6.37. The Morgan fingerprint density at radius 2 is 2.00 bits per heavy atom. The molecule has 0 fully saturated rings. The van der Waals surface area contributed by atoms with Crippen LogP contribution in [0.3, 0.4) is 0 Å². The van der Waals surface area contributed by atoms with Gasteiger partial charge >= 0.3 is 0 Å². The van der Waals surface area contributed by atoms with E-state index >= 15 is 0 Å². The summed E-state index contributed by atoms with van der Waals surface area (Å²) in [5.41, 5.74) is 0.615. The van der Waals surface area contributed by atoms with Gasteiger partial charge in [-0.15, -0.1) is 14.8 Å². The first-order chi connectivity index (χ1) is 10.2. The predicted molar refractivity (Wildman–Crippen MR) is 78.8 cm³/mol. The van der Waals surface area contributed by atoms with E-state index in [2.05, 4.69) is 20.6 Å². The van der Waals surface area contributed by atoms with E-state index in [4.69, 9.17) is 16.3 Å². The molecule has 0 amide bonds. The summed E-state index contributed by atoms with van der Waals surface area (Å²) in [6.07, 6.45) is 0. The van der Waals surface area contributed by atoms with Gasteiger partial charge in [-0.2, -0.15) is 0 Å². The van der Waals surface area contributed by atoms with Crippen LogP contribution in [0.1, 0.15) is 0 Å². The normalized spacial score (nSPS) is 10.8. The average molecular weight is 305 g/mol. The number of nitrogens with zero attached hydrogens (tertiary/aromatic N) is 6. The zero-order valence-electron chi connectivity index (χ0n) is 11.3. The van der Waals surface area contributed by atoms with Crippen LogP contribution in [-0.2, 0) is 0 Å². The second-order valence-electron chi connectivity index (χ2n) is 4.44. The summed E-state index contributed by atoms with van der Waals surface area (Å²) in [4.78, 5) is 1.97. The van der Waals surface area contributed by atoms with E-state index in [0.29, 0.717) is 23.8 Å². The highest BCUT2D eigenvalue weighted by atomic mass is 35.5. The molecule has 3 rings (SSSR count). The molecule has 0 N–H and O–H groups in total. The van der Waals surface area contributed by atoms with Crippen LogP contribution in [0.25, 0.3) is 5.65 Å². The number of ether oxygens (including phenoxy) is 1. The molecular formula is C13H13ClN6O. The van der Waals surface area contributed by atoms with Crippen molar-refractivity contribution >= 4 is 23.1 Å². The number of fused-ring (bicyclic) bond motifs is 1. The minimum absolute atomic E-state index is 0.535. The molecule has 7 nitrogen and oxygen atoms in total. The van der Waals surface area contributed by atoms with Gasteiger partial charge in [-0.1, -0.05) is 11.6 Å². The van der Waals surface area contributed by atoms with Gasteiger partial charge in [0.15, 0.2) is 11.5 Å². The molecular weight excluding hydrogens is 292 g/mol. The van der Waals surface area contributed by atoms with Crippen molar-refractivity contribution in [2.24, 2.45) is 0 Å². The Kier molecular flexibility index (Phi) is 3.83. The minimum Gasteiger partial charge on any atom is -0.492 e. The van der Waals surface area contributed by atoms with Gasteiger partial charge in [0.05, 0.1) is 6.54 Å². The Bertz CT molecular complexity index is 729. The molecule has 8 heteroatoms. The fourth-order valence-electron chi connectivity index (χ4n) is 1.79. The van der Waals surface area contributed by atoms with Crippen LogP contribution >= 0.6 is 11.6 Å². The largest absolute Gasteiger partial charge is 0.492 e. The maximum Gasteiger partial charge on any atom is 0.200 e. The topological polar surface area (TPSA) is 68.4 Å². The number of anilines is 1. The second-order valence-corrected chi connectivity index (χ2v) is 4.88. The lowest BCUT2D eigenvalue weighted by atomic mass is 10.3. The Labute approximate surface area is 126 Å². The summed E-state index contributed by atoms with van der Waals surface area (Å²) in [7, 11) is 1.93. The van der Waals surface area contributed by atoms with Gasteiger partial charge in [0.2, 0.25) is 0 Å². The molecule has 108 valence electrons. The molecule has 0 bridgehead atoms. The van der Waals surface area contributed by atoms with Crippen molar-refractivity contribution in [2.75, 3.05) is 25.1 Å². The Balaban J connectivity index is 1.58. The maximum atomic E-state index is 5.82. The summed E-state index contributed by atoms with van der Waals surface area (Å²) < 4.78 is 7.05. The number of halogens is 1.